The lowest BCUT2D eigenvalue weighted by molar-refractivity contribution is -0.216. The van der Waals surface area contributed by atoms with Crippen molar-refractivity contribution in [1.29, 1.82) is 0 Å². The summed E-state index contributed by atoms with van der Waals surface area (Å²) in [5.74, 6) is -0.782. The van der Waals surface area contributed by atoms with Crippen LogP contribution >= 0.6 is 0 Å². The number of fused-ring (bicyclic) bond motifs is 1. The summed E-state index contributed by atoms with van der Waals surface area (Å²) < 4.78 is 36.2. The second-order valence-electron chi connectivity index (χ2n) is 5.59. The van der Waals surface area contributed by atoms with Gasteiger partial charge >= 0.3 is 0 Å². The van der Waals surface area contributed by atoms with E-state index in [2.05, 4.69) is 0 Å². The Morgan fingerprint density at radius 3 is 2.65 bits per heavy atom. The van der Waals surface area contributed by atoms with Gasteiger partial charge in [-0.2, -0.15) is 0 Å². The van der Waals surface area contributed by atoms with Crippen LogP contribution in [0.2, 0.25) is 0 Å². The van der Waals surface area contributed by atoms with Gasteiger partial charge in [0, 0.05) is 0 Å². The summed E-state index contributed by atoms with van der Waals surface area (Å²) in [6, 6.07) is 9.75. The Hall–Kier alpha value is -1.01. The van der Waals surface area contributed by atoms with Crippen LogP contribution in [0.3, 0.4) is 0 Å². The minimum absolute atomic E-state index is 0.191. The number of rotatable bonds is 4. The molecule has 5 heteroatoms. The third kappa shape index (κ3) is 2.86. The molecular weight excluding hydrogens is 263 g/mol. The Morgan fingerprint density at radius 1 is 1.20 bits per heavy atom. The smallest absolute Gasteiger partial charge is 0.190 e. The molecule has 2 heterocycles. The summed E-state index contributed by atoms with van der Waals surface area (Å²) in [5, 5.41) is 0. The lowest BCUT2D eigenvalue weighted by atomic mass is 10.2. The van der Waals surface area contributed by atoms with Gasteiger partial charge in [0.15, 0.2) is 18.2 Å². The van der Waals surface area contributed by atoms with E-state index in [1.54, 1.807) is 13.8 Å². The lowest BCUT2D eigenvalue weighted by Gasteiger charge is -2.22. The molecule has 0 aliphatic carbocycles. The van der Waals surface area contributed by atoms with Crippen LogP contribution in [0.5, 0.6) is 0 Å². The molecule has 0 radical (unpaired) electrons. The van der Waals surface area contributed by atoms with Crippen molar-refractivity contribution >= 4 is 0 Å². The predicted molar refractivity (Wildman–Crippen MR) is 69.7 cm³/mol. The molecule has 1 aromatic carbocycles. The third-order valence-corrected chi connectivity index (χ3v) is 3.46. The zero-order valence-corrected chi connectivity index (χ0v) is 11.6. The van der Waals surface area contributed by atoms with Crippen LogP contribution in [0.1, 0.15) is 19.4 Å². The van der Waals surface area contributed by atoms with Crippen molar-refractivity contribution in [2.75, 3.05) is 6.61 Å². The molecule has 1 aromatic rings. The summed E-state index contributed by atoms with van der Waals surface area (Å²) >= 11 is 0. The van der Waals surface area contributed by atoms with Crippen LogP contribution < -0.4 is 0 Å². The fraction of sp³-hybridized carbons (Fsp3) is 0.600. The highest BCUT2D eigenvalue weighted by molar-refractivity contribution is 5.13. The molecule has 3 rings (SSSR count). The second-order valence-corrected chi connectivity index (χ2v) is 5.59. The SMILES string of the molecule is CC1(C)OC2OC(COCc3ccccc3)C(F)C2O1. The van der Waals surface area contributed by atoms with E-state index in [1.165, 1.54) is 0 Å². The van der Waals surface area contributed by atoms with Gasteiger partial charge < -0.3 is 18.9 Å². The molecular formula is C15H19FO4. The monoisotopic (exact) mass is 282 g/mol. The molecule has 0 bridgehead atoms. The Balaban J connectivity index is 1.49. The zero-order valence-electron chi connectivity index (χ0n) is 11.6. The Bertz CT molecular complexity index is 450. The first-order valence-corrected chi connectivity index (χ1v) is 6.82. The van der Waals surface area contributed by atoms with Gasteiger partial charge in [0.05, 0.1) is 13.2 Å². The number of hydrogen-bond donors (Lipinski definition) is 0. The third-order valence-electron chi connectivity index (χ3n) is 3.46. The summed E-state index contributed by atoms with van der Waals surface area (Å²) in [6.07, 6.45) is -3.15. The fourth-order valence-corrected chi connectivity index (χ4v) is 2.54. The average Bonchev–Trinajstić information content (AvgIpc) is 2.86. The molecule has 2 aliphatic heterocycles. The Morgan fingerprint density at radius 2 is 1.95 bits per heavy atom. The van der Waals surface area contributed by atoms with Crippen molar-refractivity contribution in [3.8, 4) is 0 Å². The average molecular weight is 282 g/mol. The first kappa shape index (κ1) is 13.9. The highest BCUT2D eigenvalue weighted by Crippen LogP contribution is 2.38. The quantitative estimate of drug-likeness (QED) is 0.850. The summed E-state index contributed by atoms with van der Waals surface area (Å²) in [7, 11) is 0. The second kappa shape index (κ2) is 5.41. The van der Waals surface area contributed by atoms with Crippen LogP contribution in [-0.2, 0) is 25.6 Å². The molecule has 4 nitrogen and oxygen atoms in total. The van der Waals surface area contributed by atoms with Crippen molar-refractivity contribution in [3.63, 3.8) is 0 Å². The van der Waals surface area contributed by atoms with E-state index in [9.17, 15) is 4.39 Å². The van der Waals surface area contributed by atoms with Crippen LogP contribution in [0.15, 0.2) is 30.3 Å². The van der Waals surface area contributed by atoms with Crippen molar-refractivity contribution < 1.29 is 23.3 Å². The van der Waals surface area contributed by atoms with E-state index in [-0.39, 0.29) is 6.61 Å². The highest BCUT2D eigenvalue weighted by Gasteiger charge is 2.55. The molecule has 2 fully saturated rings. The van der Waals surface area contributed by atoms with E-state index < -0.39 is 30.5 Å². The summed E-state index contributed by atoms with van der Waals surface area (Å²) in [6.45, 7) is 4.14. The standard InChI is InChI=1S/C15H19FO4/c1-15(2)19-13-12(16)11(18-14(13)20-15)9-17-8-10-6-4-3-5-7-10/h3-7,11-14H,8-9H2,1-2H3. The van der Waals surface area contributed by atoms with Crippen LogP contribution in [0.4, 0.5) is 4.39 Å². The van der Waals surface area contributed by atoms with Gasteiger partial charge in [-0.1, -0.05) is 30.3 Å². The maximum absolute atomic E-state index is 14.2. The van der Waals surface area contributed by atoms with Crippen molar-refractivity contribution in [1.82, 2.24) is 0 Å². The maximum atomic E-state index is 14.2. The largest absolute Gasteiger partial charge is 0.374 e. The van der Waals surface area contributed by atoms with Gasteiger partial charge in [0.1, 0.15) is 12.2 Å². The van der Waals surface area contributed by atoms with Gasteiger partial charge in [0.2, 0.25) is 0 Å². The topological polar surface area (TPSA) is 36.9 Å². The predicted octanol–water partition coefficient (Wildman–Crippen LogP) is 2.42. The van der Waals surface area contributed by atoms with E-state index in [4.69, 9.17) is 18.9 Å². The normalized spacial score (nSPS) is 35.1. The van der Waals surface area contributed by atoms with E-state index in [0.717, 1.165) is 5.56 Å². The van der Waals surface area contributed by atoms with Crippen molar-refractivity contribution in [2.24, 2.45) is 0 Å². The Labute approximate surface area is 117 Å². The van der Waals surface area contributed by atoms with Crippen molar-refractivity contribution in [3.05, 3.63) is 35.9 Å². The van der Waals surface area contributed by atoms with Crippen LogP contribution in [0.25, 0.3) is 0 Å². The zero-order chi connectivity index (χ0) is 14.2. The molecule has 0 spiro atoms. The van der Waals surface area contributed by atoms with Gasteiger partial charge in [0.25, 0.3) is 0 Å². The van der Waals surface area contributed by atoms with Crippen molar-refractivity contribution in [2.45, 2.75) is 50.9 Å². The van der Waals surface area contributed by atoms with Gasteiger partial charge in [-0.05, 0) is 19.4 Å². The van der Waals surface area contributed by atoms with Gasteiger partial charge in [-0.15, -0.1) is 0 Å². The summed E-state index contributed by atoms with van der Waals surface area (Å²) in [4.78, 5) is 0. The van der Waals surface area contributed by atoms with E-state index in [1.807, 2.05) is 30.3 Å². The van der Waals surface area contributed by atoms with E-state index in [0.29, 0.717) is 6.61 Å². The molecule has 0 amide bonds. The molecule has 4 unspecified atom stereocenters. The minimum Gasteiger partial charge on any atom is -0.374 e. The van der Waals surface area contributed by atoms with E-state index >= 15 is 0 Å². The molecule has 0 saturated carbocycles. The number of ether oxygens (including phenoxy) is 4. The maximum Gasteiger partial charge on any atom is 0.190 e. The molecule has 110 valence electrons. The number of alkyl halides is 1. The number of halogens is 1. The number of benzene rings is 1. The van der Waals surface area contributed by atoms with Crippen LogP contribution in [-0.4, -0.2) is 37.1 Å². The molecule has 2 aliphatic rings. The first-order chi connectivity index (χ1) is 9.55. The summed E-state index contributed by atoms with van der Waals surface area (Å²) in [5.41, 5.74) is 1.05. The number of hydrogen-bond acceptors (Lipinski definition) is 4. The molecule has 0 aromatic heterocycles. The van der Waals surface area contributed by atoms with Crippen LogP contribution in [0, 0.1) is 0 Å². The first-order valence-electron chi connectivity index (χ1n) is 6.82. The molecule has 0 N–H and O–H groups in total. The minimum atomic E-state index is -1.22. The Kier molecular flexibility index (Phi) is 3.77. The molecule has 4 atom stereocenters. The lowest BCUT2D eigenvalue weighted by Crippen LogP contribution is -2.33. The van der Waals surface area contributed by atoms with Gasteiger partial charge in [-0.25, -0.2) is 4.39 Å². The molecule has 2 saturated heterocycles. The molecule has 20 heavy (non-hydrogen) atoms. The fourth-order valence-electron chi connectivity index (χ4n) is 2.54. The van der Waals surface area contributed by atoms with Gasteiger partial charge in [-0.3, -0.25) is 0 Å². The highest BCUT2D eigenvalue weighted by atomic mass is 19.1.